The van der Waals surface area contributed by atoms with Crippen LogP contribution in [0.15, 0.2) is 23.1 Å². The third kappa shape index (κ3) is 6.00. The van der Waals surface area contributed by atoms with E-state index >= 15 is 0 Å². The van der Waals surface area contributed by atoms with Crippen LogP contribution in [-0.2, 0) is 14.3 Å². The van der Waals surface area contributed by atoms with Crippen molar-refractivity contribution >= 4 is 46.2 Å². The summed E-state index contributed by atoms with van der Waals surface area (Å²) in [7, 11) is 0. The molecule has 3 heterocycles. The second-order valence-electron chi connectivity index (χ2n) is 7.71. The van der Waals surface area contributed by atoms with Crippen molar-refractivity contribution in [1.82, 2.24) is 15.1 Å². The Hall–Kier alpha value is -2.14. The van der Waals surface area contributed by atoms with Crippen molar-refractivity contribution in [2.24, 2.45) is 0 Å². The number of hydrogen-bond donors (Lipinski definition) is 1. The van der Waals surface area contributed by atoms with Crippen LogP contribution in [0.5, 0.6) is 11.5 Å². The van der Waals surface area contributed by atoms with Crippen LogP contribution in [0, 0.1) is 0 Å². The topological polar surface area (TPSA) is 80.3 Å². The normalized spacial score (nSPS) is 19.8. The minimum Gasteiger partial charge on any atom is -0.454 e. The summed E-state index contributed by atoms with van der Waals surface area (Å²) in [5, 5.41) is 2.96. The van der Waals surface area contributed by atoms with Gasteiger partial charge in [-0.2, -0.15) is 0 Å². The van der Waals surface area contributed by atoms with Gasteiger partial charge in [-0.3, -0.25) is 19.4 Å². The number of rotatable bonds is 9. The molecule has 0 aromatic heterocycles. The molecule has 2 fully saturated rings. The Labute approximate surface area is 197 Å². The van der Waals surface area contributed by atoms with Gasteiger partial charge in [-0.25, -0.2) is 0 Å². The SMILES string of the molecule is O=C(CCCN1C(=O)C(=Cc2ccc3c(c2)OCO3)SC1=S)NCCCN1CCOCC1. The minimum absolute atomic E-state index is 0.00770. The molecule has 10 heteroatoms. The standard InChI is InChI=1S/C22H27N3O5S2/c26-20(23-6-2-7-24-9-11-28-12-10-24)3-1-8-25-21(27)19(32-22(25)31)14-16-4-5-17-18(13-16)30-15-29-17/h4-5,13-14H,1-3,6-12,15H2,(H,23,26). The molecule has 0 unspecified atom stereocenters. The van der Waals surface area contributed by atoms with Gasteiger partial charge in [0.2, 0.25) is 12.7 Å². The van der Waals surface area contributed by atoms with Crippen LogP contribution < -0.4 is 14.8 Å². The van der Waals surface area contributed by atoms with Crippen LogP contribution in [0.25, 0.3) is 6.08 Å². The van der Waals surface area contributed by atoms with Gasteiger partial charge in [0, 0.05) is 32.6 Å². The second-order valence-corrected chi connectivity index (χ2v) is 9.38. The Morgan fingerprint density at radius 1 is 1.16 bits per heavy atom. The number of thiocarbonyl (C=S) groups is 1. The molecule has 1 aromatic carbocycles. The molecule has 0 saturated carbocycles. The molecular weight excluding hydrogens is 450 g/mol. The molecule has 8 nitrogen and oxygen atoms in total. The van der Waals surface area contributed by atoms with E-state index in [1.807, 2.05) is 24.3 Å². The van der Waals surface area contributed by atoms with Crippen molar-refractivity contribution in [3.05, 3.63) is 28.7 Å². The summed E-state index contributed by atoms with van der Waals surface area (Å²) in [5.74, 6) is 1.26. The molecule has 3 aliphatic rings. The molecule has 172 valence electrons. The summed E-state index contributed by atoms with van der Waals surface area (Å²) in [6.07, 6.45) is 3.67. The first-order valence-corrected chi connectivity index (χ1v) is 12.0. The average molecular weight is 478 g/mol. The maximum absolute atomic E-state index is 12.8. The Morgan fingerprint density at radius 2 is 1.97 bits per heavy atom. The number of amides is 2. The highest BCUT2D eigenvalue weighted by atomic mass is 32.2. The van der Waals surface area contributed by atoms with Crippen LogP contribution in [0.2, 0.25) is 0 Å². The number of benzene rings is 1. The number of thioether (sulfide) groups is 1. The van der Waals surface area contributed by atoms with Crippen LogP contribution in [0.3, 0.4) is 0 Å². The number of morpholine rings is 1. The molecule has 3 aliphatic heterocycles. The quantitative estimate of drug-likeness (QED) is 0.330. The number of carbonyl (C=O) groups excluding carboxylic acids is 2. The van der Waals surface area contributed by atoms with E-state index in [9.17, 15) is 9.59 Å². The number of nitrogens with one attached hydrogen (secondary N) is 1. The van der Waals surface area contributed by atoms with Crippen molar-refractivity contribution in [3.63, 3.8) is 0 Å². The van der Waals surface area contributed by atoms with Gasteiger partial charge in [-0.1, -0.05) is 30.0 Å². The summed E-state index contributed by atoms with van der Waals surface area (Å²) >= 11 is 6.67. The van der Waals surface area contributed by atoms with E-state index in [0.29, 0.717) is 46.7 Å². The van der Waals surface area contributed by atoms with Gasteiger partial charge in [-0.15, -0.1) is 0 Å². The molecule has 1 aromatic rings. The third-order valence-electron chi connectivity index (χ3n) is 5.43. The Morgan fingerprint density at radius 3 is 2.81 bits per heavy atom. The van der Waals surface area contributed by atoms with Gasteiger partial charge >= 0.3 is 0 Å². The summed E-state index contributed by atoms with van der Waals surface area (Å²) < 4.78 is 16.6. The second kappa shape index (κ2) is 11.1. The van der Waals surface area contributed by atoms with Gasteiger partial charge < -0.3 is 19.5 Å². The van der Waals surface area contributed by atoms with Crippen molar-refractivity contribution < 1.29 is 23.8 Å². The summed E-state index contributed by atoms with van der Waals surface area (Å²) in [6.45, 7) is 5.77. The predicted molar refractivity (Wildman–Crippen MR) is 127 cm³/mol. The summed E-state index contributed by atoms with van der Waals surface area (Å²) in [6, 6.07) is 5.55. The first-order valence-electron chi connectivity index (χ1n) is 10.8. The van der Waals surface area contributed by atoms with E-state index in [1.165, 1.54) is 11.8 Å². The molecule has 32 heavy (non-hydrogen) atoms. The first-order chi connectivity index (χ1) is 15.6. The summed E-state index contributed by atoms with van der Waals surface area (Å²) in [4.78, 5) is 29.4. The first kappa shape index (κ1) is 23.0. The zero-order valence-corrected chi connectivity index (χ0v) is 19.5. The van der Waals surface area contributed by atoms with Crippen LogP contribution in [-0.4, -0.2) is 78.7 Å². The molecule has 4 rings (SSSR count). The lowest BCUT2D eigenvalue weighted by Crippen LogP contribution is -2.38. The highest BCUT2D eigenvalue weighted by molar-refractivity contribution is 8.26. The van der Waals surface area contributed by atoms with Gasteiger partial charge in [0.05, 0.1) is 18.1 Å². The molecular formula is C22H27N3O5S2. The highest BCUT2D eigenvalue weighted by Gasteiger charge is 2.31. The average Bonchev–Trinajstić information content (AvgIpc) is 3.37. The van der Waals surface area contributed by atoms with Gasteiger partial charge in [0.15, 0.2) is 11.5 Å². The van der Waals surface area contributed by atoms with Gasteiger partial charge in [-0.05, 0) is 43.2 Å². The highest BCUT2D eigenvalue weighted by Crippen LogP contribution is 2.36. The fraction of sp³-hybridized carbons (Fsp3) is 0.500. The Kier molecular flexibility index (Phi) is 8.01. The van der Waals surface area contributed by atoms with E-state index in [-0.39, 0.29) is 18.6 Å². The van der Waals surface area contributed by atoms with Crippen molar-refractivity contribution in [2.75, 3.05) is 52.7 Å². The molecule has 0 radical (unpaired) electrons. The molecule has 0 aliphatic carbocycles. The smallest absolute Gasteiger partial charge is 0.266 e. The largest absolute Gasteiger partial charge is 0.454 e. The number of carbonyl (C=O) groups is 2. The van der Waals surface area contributed by atoms with Crippen LogP contribution in [0.4, 0.5) is 0 Å². The lowest BCUT2D eigenvalue weighted by atomic mass is 10.2. The Balaban J connectivity index is 1.18. The molecule has 2 saturated heterocycles. The van der Waals surface area contributed by atoms with Crippen molar-refractivity contribution in [3.8, 4) is 11.5 Å². The monoisotopic (exact) mass is 477 g/mol. The lowest BCUT2D eigenvalue weighted by molar-refractivity contribution is -0.124. The fourth-order valence-electron chi connectivity index (χ4n) is 3.69. The molecule has 2 amide bonds. The molecule has 1 N–H and O–H groups in total. The minimum atomic E-state index is -0.122. The van der Waals surface area contributed by atoms with E-state index in [0.717, 1.165) is 44.8 Å². The van der Waals surface area contributed by atoms with Gasteiger partial charge in [0.25, 0.3) is 5.91 Å². The van der Waals surface area contributed by atoms with Crippen molar-refractivity contribution in [1.29, 1.82) is 0 Å². The number of fused-ring (bicyclic) bond motifs is 1. The lowest BCUT2D eigenvalue weighted by Gasteiger charge is -2.26. The molecule has 0 bridgehead atoms. The Bertz CT molecular complexity index is 902. The number of ether oxygens (including phenoxy) is 3. The summed E-state index contributed by atoms with van der Waals surface area (Å²) in [5.41, 5.74) is 0.853. The van der Waals surface area contributed by atoms with E-state index in [4.69, 9.17) is 26.4 Å². The van der Waals surface area contributed by atoms with Crippen LogP contribution in [0.1, 0.15) is 24.8 Å². The third-order valence-corrected chi connectivity index (χ3v) is 6.81. The van der Waals surface area contributed by atoms with Gasteiger partial charge in [0.1, 0.15) is 4.32 Å². The maximum atomic E-state index is 12.8. The van der Waals surface area contributed by atoms with E-state index < -0.39 is 0 Å². The zero-order valence-electron chi connectivity index (χ0n) is 17.8. The number of nitrogens with zero attached hydrogens (tertiary/aromatic N) is 2. The predicted octanol–water partition coefficient (Wildman–Crippen LogP) is 2.24. The van der Waals surface area contributed by atoms with Crippen LogP contribution >= 0.6 is 24.0 Å². The molecule has 0 atom stereocenters. The fourth-order valence-corrected chi connectivity index (χ4v) is 5.00. The van der Waals surface area contributed by atoms with Crippen molar-refractivity contribution in [2.45, 2.75) is 19.3 Å². The number of hydrogen-bond acceptors (Lipinski definition) is 8. The molecule has 0 spiro atoms. The van der Waals surface area contributed by atoms with E-state index in [1.54, 1.807) is 4.90 Å². The zero-order chi connectivity index (χ0) is 22.3. The maximum Gasteiger partial charge on any atom is 0.266 e. The van der Waals surface area contributed by atoms with E-state index in [2.05, 4.69) is 10.2 Å².